The summed E-state index contributed by atoms with van der Waals surface area (Å²) in [7, 11) is -2.20. The lowest BCUT2D eigenvalue weighted by molar-refractivity contribution is -0.384. The topological polar surface area (TPSA) is 120 Å². The highest BCUT2D eigenvalue weighted by Gasteiger charge is 2.18. The molecule has 0 fully saturated rings. The van der Waals surface area contributed by atoms with Crippen LogP contribution >= 0.6 is 0 Å². The second kappa shape index (κ2) is 6.32. The van der Waals surface area contributed by atoms with Crippen LogP contribution in [0, 0.1) is 10.1 Å². The van der Waals surface area contributed by atoms with Gasteiger partial charge in [-0.1, -0.05) is 23.4 Å². The van der Waals surface area contributed by atoms with Gasteiger partial charge in [0.15, 0.2) is 0 Å². The van der Waals surface area contributed by atoms with Gasteiger partial charge in [-0.05, 0) is 18.2 Å². The largest absolute Gasteiger partial charge is 0.279 e. The molecule has 3 rings (SSSR count). The van der Waals surface area contributed by atoms with E-state index in [-0.39, 0.29) is 10.6 Å². The lowest BCUT2D eigenvalue weighted by Gasteiger charge is -2.11. The molecule has 0 bridgehead atoms. The van der Waals surface area contributed by atoms with Crippen LogP contribution in [0.15, 0.2) is 59.6 Å². The van der Waals surface area contributed by atoms with E-state index in [9.17, 15) is 18.5 Å². The highest BCUT2D eigenvalue weighted by atomic mass is 32.2. The van der Waals surface area contributed by atoms with Crippen LogP contribution in [0.3, 0.4) is 0 Å². The maximum absolute atomic E-state index is 12.5. The Balaban J connectivity index is 1.95. The molecule has 1 heterocycles. The Kier molecular flexibility index (Phi) is 4.19. The Bertz CT molecular complexity index is 1030. The molecule has 9 nitrogen and oxygen atoms in total. The first-order valence-electron chi connectivity index (χ1n) is 7.10. The number of aromatic nitrogens is 3. The van der Waals surface area contributed by atoms with Gasteiger partial charge in [-0.3, -0.25) is 19.5 Å². The summed E-state index contributed by atoms with van der Waals surface area (Å²) in [4.78, 5) is 10.0. The number of aryl methyl sites for hydroxylation is 1. The number of benzene rings is 2. The van der Waals surface area contributed by atoms with E-state index in [2.05, 4.69) is 15.0 Å². The van der Waals surface area contributed by atoms with Gasteiger partial charge in [0.2, 0.25) is 0 Å². The van der Waals surface area contributed by atoms with Crippen LogP contribution < -0.4 is 4.72 Å². The maximum atomic E-state index is 12.5. The average Bonchev–Trinajstić information content (AvgIpc) is 3.01. The Morgan fingerprint density at radius 3 is 2.40 bits per heavy atom. The van der Waals surface area contributed by atoms with Crippen molar-refractivity contribution in [3.05, 3.63) is 64.8 Å². The molecule has 0 aliphatic carbocycles. The molecule has 0 unspecified atom stereocenters. The van der Waals surface area contributed by atoms with Crippen molar-refractivity contribution < 1.29 is 13.3 Å². The van der Waals surface area contributed by atoms with Crippen LogP contribution in [0.5, 0.6) is 0 Å². The van der Waals surface area contributed by atoms with Gasteiger partial charge in [0.25, 0.3) is 15.7 Å². The zero-order valence-corrected chi connectivity index (χ0v) is 13.8. The quantitative estimate of drug-likeness (QED) is 0.551. The molecule has 1 aromatic heterocycles. The van der Waals surface area contributed by atoms with E-state index >= 15 is 0 Å². The van der Waals surface area contributed by atoms with Crippen LogP contribution in [0.4, 0.5) is 11.4 Å². The minimum absolute atomic E-state index is 0.0768. The molecule has 128 valence electrons. The third kappa shape index (κ3) is 3.48. The molecule has 0 saturated heterocycles. The number of nitro groups is 1. The molecule has 0 amide bonds. The second-order valence-corrected chi connectivity index (χ2v) is 6.86. The summed E-state index contributed by atoms with van der Waals surface area (Å²) in [6, 6.07) is 11.4. The Morgan fingerprint density at radius 1 is 1.12 bits per heavy atom. The van der Waals surface area contributed by atoms with Gasteiger partial charge in [-0.15, -0.1) is 5.10 Å². The number of rotatable bonds is 5. The minimum atomic E-state index is -3.91. The first-order chi connectivity index (χ1) is 11.9. The highest BCUT2D eigenvalue weighted by molar-refractivity contribution is 7.92. The van der Waals surface area contributed by atoms with E-state index in [0.29, 0.717) is 16.9 Å². The lowest BCUT2D eigenvalue weighted by Crippen LogP contribution is -2.13. The first-order valence-corrected chi connectivity index (χ1v) is 8.58. The van der Waals surface area contributed by atoms with E-state index in [1.807, 2.05) is 0 Å². The summed E-state index contributed by atoms with van der Waals surface area (Å²) in [5.41, 5.74) is 1.24. The first kappa shape index (κ1) is 16.6. The summed E-state index contributed by atoms with van der Waals surface area (Å²) < 4.78 is 29.1. The lowest BCUT2D eigenvalue weighted by atomic mass is 10.1. The summed E-state index contributed by atoms with van der Waals surface area (Å²) >= 11 is 0. The van der Waals surface area contributed by atoms with Crippen molar-refractivity contribution in [2.75, 3.05) is 4.72 Å². The van der Waals surface area contributed by atoms with Crippen LogP contribution in [0.1, 0.15) is 0 Å². The number of non-ortho nitro benzene ring substituents is 1. The molecule has 0 radical (unpaired) electrons. The number of nitro benzene ring substituents is 1. The summed E-state index contributed by atoms with van der Waals surface area (Å²) in [6.07, 6.45) is 1.67. The number of sulfonamides is 1. The normalized spacial score (nSPS) is 11.2. The van der Waals surface area contributed by atoms with Gasteiger partial charge in [-0.25, -0.2) is 8.42 Å². The van der Waals surface area contributed by atoms with Gasteiger partial charge in [0.1, 0.15) is 5.69 Å². The van der Waals surface area contributed by atoms with E-state index < -0.39 is 14.9 Å². The summed E-state index contributed by atoms with van der Waals surface area (Å²) in [6.45, 7) is 0. The molecule has 10 heteroatoms. The van der Waals surface area contributed by atoms with E-state index in [0.717, 1.165) is 12.1 Å². The molecular weight excluding hydrogens is 346 g/mol. The number of hydrogen-bond donors (Lipinski definition) is 1. The molecule has 0 atom stereocenters. The van der Waals surface area contributed by atoms with Crippen LogP contribution in [-0.4, -0.2) is 28.3 Å². The number of nitrogens with one attached hydrogen (secondary N) is 1. The smallest absolute Gasteiger partial charge is 0.269 e. The Morgan fingerprint density at radius 2 is 1.80 bits per heavy atom. The van der Waals surface area contributed by atoms with Crippen molar-refractivity contribution in [3.63, 3.8) is 0 Å². The maximum Gasteiger partial charge on any atom is 0.269 e. The predicted octanol–water partition coefficient (Wildman–Crippen LogP) is 2.19. The third-order valence-corrected chi connectivity index (χ3v) is 4.79. The van der Waals surface area contributed by atoms with Crippen molar-refractivity contribution in [1.82, 2.24) is 15.0 Å². The Labute approximate surface area is 143 Å². The molecule has 3 aromatic rings. The Hall–Kier alpha value is -3.27. The van der Waals surface area contributed by atoms with Crippen molar-refractivity contribution in [3.8, 4) is 11.3 Å². The molecule has 0 saturated carbocycles. The van der Waals surface area contributed by atoms with Gasteiger partial charge in [-0.2, -0.15) is 0 Å². The van der Waals surface area contributed by atoms with Gasteiger partial charge in [0, 0.05) is 24.7 Å². The van der Waals surface area contributed by atoms with Crippen molar-refractivity contribution in [1.29, 1.82) is 0 Å². The van der Waals surface area contributed by atoms with Crippen molar-refractivity contribution in [2.24, 2.45) is 7.05 Å². The monoisotopic (exact) mass is 359 g/mol. The predicted molar refractivity (Wildman–Crippen MR) is 90.3 cm³/mol. The minimum Gasteiger partial charge on any atom is -0.279 e. The third-order valence-electron chi connectivity index (χ3n) is 3.41. The SMILES string of the molecule is Cn1cc(-c2ccccc2NS(=O)(=O)c2ccc([N+](=O)[O-])cc2)nn1. The van der Waals surface area contributed by atoms with E-state index in [1.54, 1.807) is 37.5 Å². The second-order valence-electron chi connectivity index (χ2n) is 5.18. The van der Waals surface area contributed by atoms with Crippen LogP contribution in [-0.2, 0) is 17.1 Å². The number of anilines is 1. The molecule has 25 heavy (non-hydrogen) atoms. The highest BCUT2D eigenvalue weighted by Crippen LogP contribution is 2.28. The zero-order chi connectivity index (χ0) is 18.0. The standard InChI is InChI=1S/C15H13N5O4S/c1-19-10-15(16-18-19)13-4-2-3-5-14(13)17-25(23,24)12-8-6-11(7-9-12)20(21)22/h2-10,17H,1H3. The zero-order valence-electron chi connectivity index (χ0n) is 13.0. The molecule has 0 spiro atoms. The van der Waals surface area contributed by atoms with E-state index in [4.69, 9.17) is 0 Å². The average molecular weight is 359 g/mol. The number of nitrogens with zero attached hydrogens (tertiary/aromatic N) is 4. The fourth-order valence-electron chi connectivity index (χ4n) is 2.22. The summed E-state index contributed by atoms with van der Waals surface area (Å²) in [5, 5.41) is 18.5. The number of hydrogen-bond acceptors (Lipinski definition) is 6. The molecule has 0 aliphatic heterocycles. The van der Waals surface area contributed by atoms with Gasteiger partial charge < -0.3 is 0 Å². The van der Waals surface area contributed by atoms with Crippen LogP contribution in [0.25, 0.3) is 11.3 Å². The van der Waals surface area contributed by atoms with E-state index in [1.165, 1.54) is 16.8 Å². The fraction of sp³-hybridized carbons (Fsp3) is 0.0667. The van der Waals surface area contributed by atoms with Gasteiger partial charge >= 0.3 is 0 Å². The molecule has 1 N–H and O–H groups in total. The molecular formula is C15H13N5O4S. The number of para-hydroxylation sites is 1. The fourth-order valence-corrected chi connectivity index (χ4v) is 3.30. The van der Waals surface area contributed by atoms with Crippen LogP contribution in [0.2, 0.25) is 0 Å². The molecule has 0 aliphatic rings. The summed E-state index contributed by atoms with van der Waals surface area (Å²) in [5.74, 6) is 0. The van der Waals surface area contributed by atoms with Crippen molar-refractivity contribution >= 4 is 21.4 Å². The molecule has 2 aromatic carbocycles. The van der Waals surface area contributed by atoms with Gasteiger partial charge in [0.05, 0.1) is 21.7 Å². The van der Waals surface area contributed by atoms with Crippen molar-refractivity contribution in [2.45, 2.75) is 4.90 Å².